The van der Waals surface area contributed by atoms with E-state index in [9.17, 15) is 0 Å². The van der Waals surface area contributed by atoms with Gasteiger partial charge >= 0.3 is 0 Å². The Labute approximate surface area is 95.3 Å². The van der Waals surface area contributed by atoms with Crippen LogP contribution in [0.15, 0.2) is 16.8 Å². The molecule has 80 valence electrons. The smallest absolute Gasteiger partial charge is 0.0155 e. The van der Waals surface area contributed by atoms with Crippen molar-refractivity contribution in [1.29, 1.82) is 0 Å². The maximum absolute atomic E-state index is 3.59. The molecule has 0 saturated carbocycles. The van der Waals surface area contributed by atoms with Gasteiger partial charge in [0.25, 0.3) is 0 Å². The van der Waals surface area contributed by atoms with E-state index in [1.807, 2.05) is 11.8 Å². The Morgan fingerprint density at radius 1 is 1.57 bits per heavy atom. The van der Waals surface area contributed by atoms with Crippen LogP contribution in [0.1, 0.15) is 18.9 Å². The molecule has 1 atom stereocenters. The Kier molecular flexibility index (Phi) is 6.32. The van der Waals surface area contributed by atoms with E-state index in [1.54, 1.807) is 11.3 Å². The molecular formula is C11H19NS2. The summed E-state index contributed by atoms with van der Waals surface area (Å²) in [4.78, 5) is 0. The van der Waals surface area contributed by atoms with E-state index < -0.39 is 0 Å². The van der Waals surface area contributed by atoms with Crippen molar-refractivity contribution in [3.63, 3.8) is 0 Å². The minimum absolute atomic E-state index is 0.684. The second-order valence-corrected chi connectivity index (χ2v) is 5.09. The molecule has 0 aliphatic carbocycles. The topological polar surface area (TPSA) is 12.0 Å². The molecule has 0 spiro atoms. The number of nitrogens with one attached hydrogen (secondary N) is 1. The van der Waals surface area contributed by atoms with Gasteiger partial charge in [-0.1, -0.05) is 6.92 Å². The zero-order valence-corrected chi connectivity index (χ0v) is 10.6. The first-order chi connectivity index (χ1) is 6.86. The van der Waals surface area contributed by atoms with Gasteiger partial charge in [0.1, 0.15) is 0 Å². The van der Waals surface area contributed by atoms with Gasteiger partial charge in [0.2, 0.25) is 0 Å². The molecule has 1 heterocycles. The zero-order valence-electron chi connectivity index (χ0n) is 8.95. The Morgan fingerprint density at radius 3 is 3.00 bits per heavy atom. The summed E-state index contributed by atoms with van der Waals surface area (Å²) in [5.41, 5.74) is 1.46. The molecule has 3 heteroatoms. The highest BCUT2D eigenvalue weighted by atomic mass is 32.2. The Morgan fingerprint density at radius 2 is 2.43 bits per heavy atom. The lowest BCUT2D eigenvalue weighted by Crippen LogP contribution is -2.32. The number of thiophene rings is 1. The highest BCUT2D eigenvalue weighted by Gasteiger charge is 2.03. The van der Waals surface area contributed by atoms with E-state index in [0.717, 1.165) is 13.0 Å². The molecule has 0 aliphatic rings. The molecule has 1 rings (SSSR count). The summed E-state index contributed by atoms with van der Waals surface area (Å²) in [6.07, 6.45) is 4.56. The highest BCUT2D eigenvalue weighted by molar-refractivity contribution is 7.98. The van der Waals surface area contributed by atoms with Crippen LogP contribution >= 0.6 is 23.1 Å². The van der Waals surface area contributed by atoms with Crippen molar-refractivity contribution in [3.05, 3.63) is 22.4 Å². The molecule has 1 aromatic rings. The molecule has 0 fully saturated rings. The molecule has 0 aliphatic heterocycles. The maximum Gasteiger partial charge on any atom is 0.0155 e. The van der Waals surface area contributed by atoms with Crippen LogP contribution in [-0.2, 0) is 6.42 Å². The van der Waals surface area contributed by atoms with Crippen LogP contribution in [-0.4, -0.2) is 24.6 Å². The highest BCUT2D eigenvalue weighted by Crippen LogP contribution is 2.06. The number of thioether (sulfide) groups is 1. The number of hydrogen-bond acceptors (Lipinski definition) is 3. The summed E-state index contributed by atoms with van der Waals surface area (Å²) in [7, 11) is 0. The summed E-state index contributed by atoms with van der Waals surface area (Å²) >= 11 is 3.70. The first-order valence-corrected chi connectivity index (χ1v) is 7.44. The third kappa shape index (κ3) is 4.49. The second-order valence-electron chi connectivity index (χ2n) is 3.40. The van der Waals surface area contributed by atoms with E-state index in [-0.39, 0.29) is 0 Å². The minimum atomic E-state index is 0.684. The predicted molar refractivity (Wildman–Crippen MR) is 68.5 cm³/mol. The van der Waals surface area contributed by atoms with Gasteiger partial charge in [-0.15, -0.1) is 0 Å². The molecule has 1 N–H and O–H groups in total. The third-order valence-corrected chi connectivity index (χ3v) is 3.76. The summed E-state index contributed by atoms with van der Waals surface area (Å²) in [5.74, 6) is 1.22. The quantitative estimate of drug-likeness (QED) is 0.771. The van der Waals surface area contributed by atoms with Crippen LogP contribution in [0, 0.1) is 0 Å². The third-order valence-electron chi connectivity index (χ3n) is 2.29. The first kappa shape index (κ1) is 12.1. The SMILES string of the molecule is CCC(CSC)NCCc1ccsc1. The van der Waals surface area contributed by atoms with Gasteiger partial charge in [0, 0.05) is 11.8 Å². The predicted octanol–water partition coefficient (Wildman–Crippen LogP) is 3.02. The number of hydrogen-bond donors (Lipinski definition) is 1. The fraction of sp³-hybridized carbons (Fsp3) is 0.636. The molecule has 0 amide bonds. The van der Waals surface area contributed by atoms with Gasteiger partial charge in [-0.3, -0.25) is 0 Å². The van der Waals surface area contributed by atoms with Gasteiger partial charge in [-0.25, -0.2) is 0 Å². The monoisotopic (exact) mass is 229 g/mol. The van der Waals surface area contributed by atoms with Crippen LogP contribution in [0.2, 0.25) is 0 Å². The van der Waals surface area contributed by atoms with Gasteiger partial charge in [-0.2, -0.15) is 23.1 Å². The molecule has 0 aromatic carbocycles. The molecule has 14 heavy (non-hydrogen) atoms. The lowest BCUT2D eigenvalue weighted by atomic mass is 10.2. The molecule has 1 nitrogen and oxygen atoms in total. The van der Waals surface area contributed by atoms with Gasteiger partial charge in [-0.05, 0) is 48.0 Å². The van der Waals surface area contributed by atoms with Crippen molar-refractivity contribution in [2.24, 2.45) is 0 Å². The van der Waals surface area contributed by atoms with E-state index in [2.05, 4.69) is 35.3 Å². The summed E-state index contributed by atoms with van der Waals surface area (Å²) in [6.45, 7) is 3.36. The van der Waals surface area contributed by atoms with Gasteiger partial charge in [0.15, 0.2) is 0 Å². The molecule has 0 bridgehead atoms. The molecular weight excluding hydrogens is 210 g/mol. The normalized spacial score (nSPS) is 13.0. The van der Waals surface area contributed by atoms with Crippen molar-refractivity contribution in [3.8, 4) is 0 Å². The first-order valence-electron chi connectivity index (χ1n) is 5.10. The molecule has 1 unspecified atom stereocenters. The fourth-order valence-electron chi connectivity index (χ4n) is 1.38. The number of rotatable bonds is 7. The van der Waals surface area contributed by atoms with Crippen LogP contribution in [0.3, 0.4) is 0 Å². The van der Waals surface area contributed by atoms with Crippen molar-refractivity contribution in [2.75, 3.05) is 18.6 Å². The lowest BCUT2D eigenvalue weighted by Gasteiger charge is -2.15. The fourth-order valence-corrected chi connectivity index (χ4v) is 2.84. The van der Waals surface area contributed by atoms with E-state index in [4.69, 9.17) is 0 Å². The van der Waals surface area contributed by atoms with Crippen LogP contribution in [0.5, 0.6) is 0 Å². The molecule has 0 saturated heterocycles. The summed E-state index contributed by atoms with van der Waals surface area (Å²) in [6, 6.07) is 2.89. The minimum Gasteiger partial charge on any atom is -0.313 e. The van der Waals surface area contributed by atoms with Crippen molar-refractivity contribution in [2.45, 2.75) is 25.8 Å². The van der Waals surface area contributed by atoms with Gasteiger partial charge in [0.05, 0.1) is 0 Å². The van der Waals surface area contributed by atoms with Crippen LogP contribution < -0.4 is 5.32 Å². The van der Waals surface area contributed by atoms with Crippen LogP contribution in [0.25, 0.3) is 0 Å². The van der Waals surface area contributed by atoms with Gasteiger partial charge < -0.3 is 5.32 Å². The van der Waals surface area contributed by atoms with Crippen molar-refractivity contribution in [1.82, 2.24) is 5.32 Å². The van der Waals surface area contributed by atoms with E-state index in [1.165, 1.54) is 17.7 Å². The maximum atomic E-state index is 3.59. The summed E-state index contributed by atoms with van der Waals surface area (Å²) < 4.78 is 0. The standard InChI is InChI=1S/C11H19NS2/c1-3-11(9-13-2)12-6-4-10-5-7-14-8-10/h5,7-8,11-12H,3-4,6,9H2,1-2H3. The average Bonchev–Trinajstić information content (AvgIpc) is 2.69. The van der Waals surface area contributed by atoms with Crippen molar-refractivity contribution >= 4 is 23.1 Å². The van der Waals surface area contributed by atoms with Crippen molar-refractivity contribution < 1.29 is 0 Å². The largest absolute Gasteiger partial charge is 0.313 e. The average molecular weight is 229 g/mol. The van der Waals surface area contributed by atoms with E-state index >= 15 is 0 Å². The zero-order chi connectivity index (χ0) is 10.2. The molecule has 0 radical (unpaired) electrons. The summed E-state index contributed by atoms with van der Waals surface area (Å²) in [5, 5.41) is 7.97. The Hall–Kier alpha value is 0.01000. The second kappa shape index (κ2) is 7.32. The van der Waals surface area contributed by atoms with Crippen LogP contribution in [0.4, 0.5) is 0 Å². The lowest BCUT2D eigenvalue weighted by molar-refractivity contribution is 0.544. The Balaban J connectivity index is 2.13. The molecule has 1 aromatic heterocycles. The van der Waals surface area contributed by atoms with E-state index in [0.29, 0.717) is 6.04 Å². The Bertz CT molecular complexity index is 221.